The first-order chi connectivity index (χ1) is 11.2. The van der Waals surface area contributed by atoms with Crippen LogP contribution in [-0.4, -0.2) is 28.9 Å². The summed E-state index contributed by atoms with van der Waals surface area (Å²) >= 11 is 1.72. The number of benzene rings is 2. The first-order valence-electron chi connectivity index (χ1n) is 7.90. The smallest absolute Gasteiger partial charge is 0.240 e. The minimum Gasteiger partial charge on any atom is -0.333 e. The summed E-state index contributed by atoms with van der Waals surface area (Å²) in [6.45, 7) is 1.24. The Morgan fingerprint density at radius 2 is 1.61 bits per heavy atom. The SMILES string of the molecule is CSCC[C@H](N)C(=O)N1Cc2ccccc2-c2ccccc2C1. The van der Waals surface area contributed by atoms with Gasteiger partial charge in [0.05, 0.1) is 6.04 Å². The topological polar surface area (TPSA) is 46.3 Å². The van der Waals surface area contributed by atoms with Gasteiger partial charge < -0.3 is 10.6 Å². The highest BCUT2D eigenvalue weighted by atomic mass is 32.2. The van der Waals surface area contributed by atoms with Gasteiger partial charge in [0, 0.05) is 13.1 Å². The molecule has 3 rings (SSSR count). The van der Waals surface area contributed by atoms with E-state index in [-0.39, 0.29) is 5.91 Å². The van der Waals surface area contributed by atoms with Gasteiger partial charge in [-0.25, -0.2) is 0 Å². The van der Waals surface area contributed by atoms with E-state index in [0.29, 0.717) is 13.1 Å². The van der Waals surface area contributed by atoms with Gasteiger partial charge in [0.2, 0.25) is 5.91 Å². The van der Waals surface area contributed by atoms with Crippen molar-refractivity contribution in [2.24, 2.45) is 5.73 Å². The second-order valence-electron chi connectivity index (χ2n) is 5.90. The maximum absolute atomic E-state index is 12.8. The number of rotatable bonds is 4. The average molecular weight is 326 g/mol. The molecule has 0 saturated carbocycles. The van der Waals surface area contributed by atoms with Gasteiger partial charge in [0.15, 0.2) is 0 Å². The Morgan fingerprint density at radius 1 is 1.09 bits per heavy atom. The highest BCUT2D eigenvalue weighted by molar-refractivity contribution is 7.98. The minimum absolute atomic E-state index is 0.0468. The molecule has 3 nitrogen and oxygen atoms in total. The zero-order chi connectivity index (χ0) is 16.2. The second kappa shape index (κ2) is 7.20. The van der Waals surface area contributed by atoms with Crippen LogP contribution in [-0.2, 0) is 17.9 Å². The Labute approximate surface area is 141 Å². The number of carbonyl (C=O) groups is 1. The van der Waals surface area contributed by atoms with Crippen molar-refractivity contribution in [3.63, 3.8) is 0 Å². The van der Waals surface area contributed by atoms with E-state index in [1.165, 1.54) is 22.3 Å². The lowest BCUT2D eigenvalue weighted by Gasteiger charge is -2.24. The first kappa shape index (κ1) is 16.1. The quantitative estimate of drug-likeness (QED) is 0.938. The Kier molecular flexibility index (Phi) is 5.03. The third kappa shape index (κ3) is 3.43. The van der Waals surface area contributed by atoms with Crippen molar-refractivity contribution < 1.29 is 4.79 Å². The number of hydrogen-bond acceptors (Lipinski definition) is 3. The molecule has 0 fully saturated rings. The van der Waals surface area contributed by atoms with E-state index < -0.39 is 6.04 Å². The summed E-state index contributed by atoms with van der Waals surface area (Å²) in [4.78, 5) is 14.7. The number of nitrogens with two attached hydrogens (primary N) is 1. The van der Waals surface area contributed by atoms with Crippen LogP contribution >= 0.6 is 11.8 Å². The van der Waals surface area contributed by atoms with Gasteiger partial charge in [-0.2, -0.15) is 11.8 Å². The van der Waals surface area contributed by atoms with Gasteiger partial charge >= 0.3 is 0 Å². The number of thioether (sulfide) groups is 1. The lowest BCUT2D eigenvalue weighted by molar-refractivity contribution is -0.133. The van der Waals surface area contributed by atoms with Crippen LogP contribution in [0.4, 0.5) is 0 Å². The molecular formula is C19H22N2OS. The van der Waals surface area contributed by atoms with Crippen molar-refractivity contribution in [1.29, 1.82) is 0 Å². The molecule has 0 radical (unpaired) electrons. The van der Waals surface area contributed by atoms with Gasteiger partial charge in [-0.1, -0.05) is 48.5 Å². The number of hydrogen-bond donors (Lipinski definition) is 1. The number of carbonyl (C=O) groups excluding carboxylic acids is 1. The first-order valence-corrected chi connectivity index (χ1v) is 9.29. The van der Waals surface area contributed by atoms with E-state index in [4.69, 9.17) is 5.73 Å². The lowest BCUT2D eigenvalue weighted by Crippen LogP contribution is -2.43. The number of amides is 1. The zero-order valence-corrected chi connectivity index (χ0v) is 14.2. The highest BCUT2D eigenvalue weighted by Gasteiger charge is 2.25. The molecule has 1 aliphatic rings. The Hall–Kier alpha value is -1.78. The Bertz CT molecular complexity index is 654. The molecule has 1 atom stereocenters. The molecule has 2 N–H and O–H groups in total. The molecule has 120 valence electrons. The molecule has 0 unspecified atom stereocenters. The third-order valence-electron chi connectivity index (χ3n) is 4.31. The fourth-order valence-electron chi connectivity index (χ4n) is 3.07. The summed E-state index contributed by atoms with van der Waals surface area (Å²) < 4.78 is 0. The molecule has 0 bridgehead atoms. The maximum atomic E-state index is 12.8. The summed E-state index contributed by atoms with van der Waals surface area (Å²) in [6.07, 6.45) is 2.76. The number of fused-ring (bicyclic) bond motifs is 3. The molecule has 0 spiro atoms. The Balaban J connectivity index is 1.93. The van der Waals surface area contributed by atoms with Crippen LogP contribution in [0.1, 0.15) is 17.5 Å². The van der Waals surface area contributed by atoms with Crippen molar-refractivity contribution in [1.82, 2.24) is 4.90 Å². The van der Waals surface area contributed by atoms with Crippen LogP contribution in [0.3, 0.4) is 0 Å². The van der Waals surface area contributed by atoms with Gasteiger partial charge in [-0.15, -0.1) is 0 Å². The van der Waals surface area contributed by atoms with E-state index in [1.54, 1.807) is 11.8 Å². The molecule has 0 saturated heterocycles. The molecule has 2 aromatic rings. The summed E-state index contributed by atoms with van der Waals surface area (Å²) in [5, 5.41) is 0. The predicted octanol–water partition coefficient (Wildman–Crippen LogP) is 3.28. The molecule has 1 aliphatic heterocycles. The van der Waals surface area contributed by atoms with Crippen molar-refractivity contribution in [2.45, 2.75) is 25.6 Å². The van der Waals surface area contributed by atoms with E-state index in [2.05, 4.69) is 36.4 Å². The third-order valence-corrected chi connectivity index (χ3v) is 4.95. The summed E-state index contributed by atoms with van der Waals surface area (Å²) in [6, 6.07) is 16.2. The van der Waals surface area contributed by atoms with Crippen molar-refractivity contribution >= 4 is 17.7 Å². The van der Waals surface area contributed by atoms with E-state index in [0.717, 1.165) is 12.2 Å². The van der Waals surface area contributed by atoms with Crippen molar-refractivity contribution in [3.05, 3.63) is 59.7 Å². The summed E-state index contributed by atoms with van der Waals surface area (Å²) in [7, 11) is 0. The zero-order valence-electron chi connectivity index (χ0n) is 13.4. The summed E-state index contributed by atoms with van der Waals surface area (Å²) in [5.74, 6) is 0.957. The summed E-state index contributed by atoms with van der Waals surface area (Å²) in [5.41, 5.74) is 10.9. The van der Waals surface area contributed by atoms with Crippen LogP contribution in [0.2, 0.25) is 0 Å². The fourth-order valence-corrected chi connectivity index (χ4v) is 3.56. The minimum atomic E-state index is -0.417. The largest absolute Gasteiger partial charge is 0.333 e. The molecule has 2 aromatic carbocycles. The monoisotopic (exact) mass is 326 g/mol. The normalized spacial score (nSPS) is 14.6. The van der Waals surface area contributed by atoms with Gasteiger partial charge in [-0.05, 0) is 40.7 Å². The van der Waals surface area contributed by atoms with Crippen molar-refractivity contribution in [2.75, 3.05) is 12.0 Å². The standard InChI is InChI=1S/C19H22N2OS/c1-23-11-10-18(20)19(22)21-12-14-6-2-4-8-16(14)17-9-5-3-7-15(17)13-21/h2-9,18H,10-13,20H2,1H3/t18-/m0/s1. The maximum Gasteiger partial charge on any atom is 0.240 e. The van der Waals surface area contributed by atoms with Crippen LogP contribution in [0.15, 0.2) is 48.5 Å². The molecule has 4 heteroatoms. The number of nitrogens with zero attached hydrogens (tertiary/aromatic N) is 1. The predicted molar refractivity (Wildman–Crippen MR) is 97.1 cm³/mol. The van der Waals surface area contributed by atoms with Crippen LogP contribution in [0, 0.1) is 0 Å². The van der Waals surface area contributed by atoms with E-state index in [1.807, 2.05) is 23.3 Å². The highest BCUT2D eigenvalue weighted by Crippen LogP contribution is 2.32. The average Bonchev–Trinajstić information content (AvgIpc) is 2.75. The molecule has 1 amide bonds. The molecule has 0 aliphatic carbocycles. The van der Waals surface area contributed by atoms with Crippen molar-refractivity contribution in [3.8, 4) is 11.1 Å². The molecular weight excluding hydrogens is 304 g/mol. The molecule has 0 aromatic heterocycles. The van der Waals surface area contributed by atoms with Crippen LogP contribution in [0.5, 0.6) is 0 Å². The van der Waals surface area contributed by atoms with Crippen LogP contribution < -0.4 is 5.73 Å². The molecule has 23 heavy (non-hydrogen) atoms. The van der Waals surface area contributed by atoms with Gasteiger partial charge in [-0.3, -0.25) is 4.79 Å². The second-order valence-corrected chi connectivity index (χ2v) is 6.88. The van der Waals surface area contributed by atoms with E-state index in [9.17, 15) is 4.79 Å². The molecule has 1 heterocycles. The van der Waals surface area contributed by atoms with E-state index >= 15 is 0 Å². The lowest BCUT2D eigenvalue weighted by atomic mass is 9.97. The van der Waals surface area contributed by atoms with Gasteiger partial charge in [0.25, 0.3) is 0 Å². The fraction of sp³-hybridized carbons (Fsp3) is 0.316. The Morgan fingerprint density at radius 3 is 2.13 bits per heavy atom. The van der Waals surface area contributed by atoms with Gasteiger partial charge in [0.1, 0.15) is 0 Å². The van der Waals surface area contributed by atoms with Crippen LogP contribution in [0.25, 0.3) is 11.1 Å².